The number of hydrogen-bond acceptors (Lipinski definition) is 5. The smallest absolute Gasteiger partial charge is 0.229 e. The van der Waals surface area contributed by atoms with Crippen LogP contribution in [-0.2, 0) is 16.1 Å². The van der Waals surface area contributed by atoms with Gasteiger partial charge in [-0.05, 0) is 42.3 Å². The first-order chi connectivity index (χ1) is 15.0. The number of nitrogens with zero attached hydrogens (tertiary/aromatic N) is 2. The maximum atomic E-state index is 12.9. The van der Waals surface area contributed by atoms with Gasteiger partial charge in [-0.3, -0.25) is 14.5 Å². The Morgan fingerprint density at radius 3 is 2.77 bits per heavy atom. The van der Waals surface area contributed by atoms with Gasteiger partial charge in [-0.15, -0.1) is 0 Å². The van der Waals surface area contributed by atoms with Crippen LogP contribution in [0.25, 0.3) is 0 Å². The van der Waals surface area contributed by atoms with E-state index in [1.807, 2.05) is 55.1 Å². The molecule has 2 amide bonds. The fourth-order valence-corrected chi connectivity index (χ4v) is 5.11. The first-order valence-corrected chi connectivity index (χ1v) is 11.8. The van der Waals surface area contributed by atoms with Gasteiger partial charge in [-0.1, -0.05) is 18.2 Å². The van der Waals surface area contributed by atoms with Crippen LogP contribution in [0, 0.1) is 12.8 Å². The van der Waals surface area contributed by atoms with Gasteiger partial charge in [0, 0.05) is 49.8 Å². The molecule has 1 unspecified atom stereocenters. The topological polar surface area (TPSA) is 61.9 Å². The second-order valence-corrected chi connectivity index (χ2v) is 9.38. The minimum Gasteiger partial charge on any atom is -0.495 e. The minimum absolute atomic E-state index is 0.0548. The molecule has 31 heavy (non-hydrogen) atoms. The Hall–Kier alpha value is -2.51. The first-order valence-electron chi connectivity index (χ1n) is 10.7. The lowest BCUT2D eigenvalue weighted by Crippen LogP contribution is -2.32. The molecule has 1 atom stereocenters. The summed E-state index contributed by atoms with van der Waals surface area (Å²) in [6.45, 7) is 5.43. The third-order valence-electron chi connectivity index (χ3n) is 5.83. The Kier molecular flexibility index (Phi) is 6.83. The van der Waals surface area contributed by atoms with E-state index in [1.165, 1.54) is 17.1 Å². The van der Waals surface area contributed by atoms with Gasteiger partial charge >= 0.3 is 0 Å². The van der Waals surface area contributed by atoms with Crippen molar-refractivity contribution in [3.8, 4) is 5.75 Å². The van der Waals surface area contributed by atoms with Gasteiger partial charge in [0.25, 0.3) is 0 Å². The van der Waals surface area contributed by atoms with E-state index in [1.54, 1.807) is 12.0 Å². The number of amides is 2. The molecule has 0 saturated carbocycles. The van der Waals surface area contributed by atoms with Crippen LogP contribution in [0.4, 0.5) is 11.4 Å². The Morgan fingerprint density at radius 2 is 2.00 bits per heavy atom. The molecule has 4 rings (SSSR count). The van der Waals surface area contributed by atoms with E-state index in [0.717, 1.165) is 36.6 Å². The normalized spacial score (nSPS) is 19.5. The Balaban J connectivity index is 1.41. The number of thioether (sulfide) groups is 1. The van der Waals surface area contributed by atoms with Crippen molar-refractivity contribution in [2.45, 2.75) is 19.9 Å². The van der Waals surface area contributed by atoms with Gasteiger partial charge in [-0.2, -0.15) is 11.8 Å². The number of aryl methyl sites for hydroxylation is 1. The van der Waals surface area contributed by atoms with Gasteiger partial charge in [0.2, 0.25) is 11.8 Å². The van der Waals surface area contributed by atoms with Crippen LogP contribution in [0.2, 0.25) is 0 Å². The van der Waals surface area contributed by atoms with Gasteiger partial charge in [0.1, 0.15) is 5.75 Å². The molecule has 0 bridgehead atoms. The third-order valence-corrected chi connectivity index (χ3v) is 6.77. The van der Waals surface area contributed by atoms with E-state index in [2.05, 4.69) is 16.3 Å². The van der Waals surface area contributed by atoms with Crippen molar-refractivity contribution >= 4 is 35.0 Å². The van der Waals surface area contributed by atoms with E-state index in [4.69, 9.17) is 4.74 Å². The van der Waals surface area contributed by atoms with E-state index >= 15 is 0 Å². The van der Waals surface area contributed by atoms with E-state index < -0.39 is 0 Å². The molecule has 2 aliphatic rings. The molecule has 2 aliphatic heterocycles. The molecule has 2 heterocycles. The van der Waals surface area contributed by atoms with E-state index in [9.17, 15) is 9.59 Å². The molecular formula is C24H29N3O3S. The predicted octanol–water partition coefficient (Wildman–Crippen LogP) is 3.54. The average Bonchev–Trinajstić information content (AvgIpc) is 3.16. The predicted molar refractivity (Wildman–Crippen MR) is 126 cm³/mol. The van der Waals surface area contributed by atoms with Gasteiger partial charge in [-0.25, -0.2) is 0 Å². The van der Waals surface area contributed by atoms with Crippen molar-refractivity contribution in [1.29, 1.82) is 0 Å². The number of benzene rings is 2. The number of carbonyl (C=O) groups is 2. The number of hydrogen-bond donors (Lipinski definition) is 1. The summed E-state index contributed by atoms with van der Waals surface area (Å²) in [5.74, 6) is 2.43. The lowest BCUT2D eigenvalue weighted by atomic mass is 10.1. The molecular weight excluding hydrogens is 410 g/mol. The van der Waals surface area contributed by atoms with Crippen LogP contribution in [0.1, 0.15) is 17.5 Å². The Bertz CT molecular complexity index is 959. The first kappa shape index (κ1) is 21.7. The van der Waals surface area contributed by atoms with Crippen molar-refractivity contribution in [2.24, 2.45) is 5.92 Å². The van der Waals surface area contributed by atoms with Crippen molar-refractivity contribution < 1.29 is 14.3 Å². The van der Waals surface area contributed by atoms with Crippen LogP contribution < -0.4 is 15.0 Å². The number of rotatable bonds is 6. The molecule has 1 N–H and O–H groups in total. The molecule has 0 spiro atoms. The molecule has 0 radical (unpaired) electrons. The summed E-state index contributed by atoms with van der Waals surface area (Å²) in [7, 11) is 1.59. The largest absolute Gasteiger partial charge is 0.495 e. The minimum atomic E-state index is -0.388. The molecule has 7 heteroatoms. The lowest BCUT2D eigenvalue weighted by molar-refractivity contribution is -0.122. The molecule has 6 nitrogen and oxygen atoms in total. The molecule has 2 fully saturated rings. The number of ether oxygens (including phenoxy) is 1. The van der Waals surface area contributed by atoms with Crippen molar-refractivity contribution in [2.75, 3.05) is 48.5 Å². The number of nitrogens with one attached hydrogen (secondary N) is 1. The summed E-state index contributed by atoms with van der Waals surface area (Å²) >= 11 is 2.00. The van der Waals surface area contributed by atoms with Crippen molar-refractivity contribution in [3.63, 3.8) is 0 Å². The highest BCUT2D eigenvalue weighted by Gasteiger charge is 2.36. The molecule has 2 aromatic rings. The van der Waals surface area contributed by atoms with Crippen LogP contribution in [0.5, 0.6) is 5.75 Å². The SMILES string of the molecule is COc1ccc(C)cc1N1CC(C(=O)Nc2cccc(CN3CCSCC3)c2)CC1=O. The highest BCUT2D eigenvalue weighted by Crippen LogP contribution is 2.34. The lowest BCUT2D eigenvalue weighted by Gasteiger charge is -2.26. The fraction of sp³-hybridized carbons (Fsp3) is 0.417. The summed E-state index contributed by atoms with van der Waals surface area (Å²) in [6.07, 6.45) is 0.202. The zero-order chi connectivity index (χ0) is 21.8. The zero-order valence-corrected chi connectivity index (χ0v) is 18.9. The van der Waals surface area contributed by atoms with Gasteiger partial charge in [0.15, 0.2) is 0 Å². The van der Waals surface area contributed by atoms with E-state index in [-0.39, 0.29) is 24.2 Å². The van der Waals surface area contributed by atoms with Gasteiger partial charge < -0.3 is 15.0 Å². The summed E-state index contributed by atoms with van der Waals surface area (Å²) in [5, 5.41) is 3.02. The number of anilines is 2. The fourth-order valence-electron chi connectivity index (χ4n) is 4.14. The molecule has 2 saturated heterocycles. The van der Waals surface area contributed by atoms with Crippen molar-refractivity contribution in [1.82, 2.24) is 4.90 Å². The Labute approximate surface area is 187 Å². The monoisotopic (exact) mass is 439 g/mol. The molecule has 0 aliphatic carbocycles. The van der Waals surface area contributed by atoms with Crippen LogP contribution in [-0.4, -0.2) is 55.0 Å². The highest BCUT2D eigenvalue weighted by molar-refractivity contribution is 7.99. The van der Waals surface area contributed by atoms with E-state index in [0.29, 0.717) is 12.3 Å². The average molecular weight is 440 g/mol. The number of carbonyl (C=O) groups excluding carboxylic acids is 2. The van der Waals surface area contributed by atoms with Crippen molar-refractivity contribution in [3.05, 3.63) is 53.6 Å². The Morgan fingerprint density at radius 1 is 1.19 bits per heavy atom. The van der Waals surface area contributed by atoms with Crippen LogP contribution in [0.15, 0.2) is 42.5 Å². The second-order valence-electron chi connectivity index (χ2n) is 8.16. The van der Waals surface area contributed by atoms with Gasteiger partial charge in [0.05, 0.1) is 18.7 Å². The second kappa shape index (κ2) is 9.75. The zero-order valence-electron chi connectivity index (χ0n) is 18.1. The number of methoxy groups -OCH3 is 1. The summed E-state index contributed by atoms with van der Waals surface area (Å²) in [4.78, 5) is 29.7. The third kappa shape index (κ3) is 5.22. The maximum absolute atomic E-state index is 12.9. The molecule has 2 aromatic carbocycles. The van der Waals surface area contributed by atoms with Crippen LogP contribution in [0.3, 0.4) is 0 Å². The van der Waals surface area contributed by atoms with Crippen LogP contribution >= 0.6 is 11.8 Å². The maximum Gasteiger partial charge on any atom is 0.229 e. The highest BCUT2D eigenvalue weighted by atomic mass is 32.2. The molecule has 0 aromatic heterocycles. The summed E-state index contributed by atoms with van der Waals surface area (Å²) < 4.78 is 5.43. The standard InChI is InChI=1S/C24H29N3O3S/c1-17-6-7-22(30-2)21(12-17)27-16-19(14-23(27)28)24(29)25-20-5-3-4-18(13-20)15-26-8-10-31-11-9-26/h3-7,12-13,19H,8-11,14-16H2,1-2H3,(H,25,29). The summed E-state index contributed by atoms with van der Waals surface area (Å²) in [5.41, 5.74) is 3.75. The summed E-state index contributed by atoms with van der Waals surface area (Å²) in [6, 6.07) is 13.8. The quantitative estimate of drug-likeness (QED) is 0.746. The molecule has 164 valence electrons.